The first-order valence-electron chi connectivity index (χ1n) is 9.46. The summed E-state index contributed by atoms with van der Waals surface area (Å²) in [5.41, 5.74) is 0.737. The van der Waals surface area contributed by atoms with Crippen molar-refractivity contribution in [3.05, 3.63) is 65.2 Å². The summed E-state index contributed by atoms with van der Waals surface area (Å²) >= 11 is 0. The van der Waals surface area contributed by atoms with E-state index >= 15 is 0 Å². The minimum absolute atomic E-state index is 0.0176. The molecule has 0 saturated carbocycles. The van der Waals surface area contributed by atoms with Gasteiger partial charge in [0.05, 0.1) is 16.8 Å². The lowest BCUT2D eigenvalue weighted by Gasteiger charge is -2.25. The van der Waals surface area contributed by atoms with Crippen LogP contribution in [-0.4, -0.2) is 41.1 Å². The number of anilines is 1. The van der Waals surface area contributed by atoms with Gasteiger partial charge in [0.15, 0.2) is 0 Å². The molecule has 2 heterocycles. The highest BCUT2D eigenvalue weighted by molar-refractivity contribution is 6.21. The summed E-state index contributed by atoms with van der Waals surface area (Å²) in [6, 6.07) is 13.1. The van der Waals surface area contributed by atoms with E-state index in [1.165, 1.54) is 17.0 Å². The molecule has 0 aliphatic carbocycles. The first-order chi connectivity index (χ1) is 14.2. The van der Waals surface area contributed by atoms with Crippen LogP contribution in [0, 0.1) is 0 Å². The van der Waals surface area contributed by atoms with Crippen molar-refractivity contribution in [1.82, 2.24) is 5.06 Å². The van der Waals surface area contributed by atoms with Gasteiger partial charge in [-0.25, -0.2) is 9.59 Å². The quantitative estimate of drug-likeness (QED) is 0.708. The smallest absolute Gasteiger partial charge is 0.414 e. The summed E-state index contributed by atoms with van der Waals surface area (Å²) in [5, 5.41) is 0.478. The molecule has 2 aliphatic heterocycles. The molecule has 30 heavy (non-hydrogen) atoms. The molecule has 8 nitrogen and oxygen atoms in total. The summed E-state index contributed by atoms with van der Waals surface area (Å²) in [5.74, 6) is -3.06. The average molecular weight is 408 g/mol. The Bertz CT molecular complexity index is 1040. The predicted octanol–water partition coefficient (Wildman–Crippen LogP) is 3.28. The Hall–Kier alpha value is -3.68. The summed E-state index contributed by atoms with van der Waals surface area (Å²) < 4.78 is 5.43. The third kappa shape index (κ3) is 3.30. The molecular weight excluding hydrogens is 388 g/mol. The number of carbonyl (C=O) groups is 4. The molecular formula is C22H20N2O6. The maximum atomic E-state index is 12.9. The van der Waals surface area contributed by atoms with Crippen molar-refractivity contribution in [1.29, 1.82) is 0 Å². The van der Waals surface area contributed by atoms with Crippen LogP contribution in [0.4, 0.5) is 10.5 Å². The largest absolute Gasteiger partial charge is 0.443 e. The van der Waals surface area contributed by atoms with Crippen LogP contribution in [-0.2, 0) is 14.4 Å². The van der Waals surface area contributed by atoms with Crippen molar-refractivity contribution in [2.24, 2.45) is 0 Å². The van der Waals surface area contributed by atoms with Crippen LogP contribution in [0.2, 0.25) is 0 Å². The number of hydroxylamine groups is 2. The van der Waals surface area contributed by atoms with Crippen LogP contribution in [0.5, 0.6) is 0 Å². The van der Waals surface area contributed by atoms with E-state index in [4.69, 9.17) is 9.57 Å². The lowest BCUT2D eigenvalue weighted by Crippen LogP contribution is -2.38. The normalized spacial score (nSPS) is 17.6. The first-order valence-corrected chi connectivity index (χ1v) is 9.46. The summed E-state index contributed by atoms with van der Waals surface area (Å²) in [4.78, 5) is 57.0. The van der Waals surface area contributed by atoms with Gasteiger partial charge in [-0.15, -0.1) is 0 Å². The van der Waals surface area contributed by atoms with E-state index in [1.807, 2.05) is 0 Å². The number of benzene rings is 2. The number of amides is 3. The molecule has 2 aliphatic rings. The number of imide groups is 1. The van der Waals surface area contributed by atoms with Gasteiger partial charge in [0.25, 0.3) is 11.8 Å². The van der Waals surface area contributed by atoms with Crippen LogP contribution in [0.3, 0.4) is 0 Å². The standard InChI is InChI=1S/C22H20N2O6/c1-22(2,3)29-21(28)23-12-16(13-8-6-7-11-17(13)23)20(27)30-24-18(25)14-9-4-5-10-15(14)19(24)26/h4-11,16H,12H2,1-3H3. The number of hydrogen-bond acceptors (Lipinski definition) is 6. The van der Waals surface area contributed by atoms with Crippen molar-refractivity contribution in [3.8, 4) is 0 Å². The number of rotatable bonds is 2. The van der Waals surface area contributed by atoms with Gasteiger partial charge in [-0.2, -0.15) is 0 Å². The van der Waals surface area contributed by atoms with E-state index in [2.05, 4.69) is 0 Å². The Labute approximate surface area is 172 Å². The second-order valence-corrected chi connectivity index (χ2v) is 8.06. The Morgan fingerprint density at radius 1 is 0.933 bits per heavy atom. The molecule has 4 rings (SSSR count). The Balaban J connectivity index is 1.56. The minimum atomic E-state index is -0.863. The summed E-state index contributed by atoms with van der Waals surface area (Å²) in [6.07, 6.45) is -0.592. The van der Waals surface area contributed by atoms with Gasteiger partial charge < -0.3 is 9.57 Å². The topological polar surface area (TPSA) is 93.2 Å². The van der Waals surface area contributed by atoms with Gasteiger partial charge in [0.2, 0.25) is 0 Å². The highest BCUT2D eigenvalue weighted by Gasteiger charge is 2.43. The molecule has 0 N–H and O–H groups in total. The number of nitrogens with zero attached hydrogens (tertiary/aromatic N) is 2. The number of para-hydroxylation sites is 1. The third-order valence-corrected chi connectivity index (χ3v) is 4.80. The highest BCUT2D eigenvalue weighted by atomic mass is 16.7. The Kier molecular flexibility index (Phi) is 4.57. The molecule has 0 saturated heterocycles. The van der Waals surface area contributed by atoms with Crippen molar-refractivity contribution in [2.45, 2.75) is 32.3 Å². The fraction of sp³-hybridized carbons (Fsp3) is 0.273. The third-order valence-electron chi connectivity index (χ3n) is 4.80. The van der Waals surface area contributed by atoms with Gasteiger partial charge in [-0.1, -0.05) is 35.4 Å². The second-order valence-electron chi connectivity index (χ2n) is 8.06. The molecule has 154 valence electrons. The zero-order chi connectivity index (χ0) is 21.6. The minimum Gasteiger partial charge on any atom is -0.443 e. The lowest BCUT2D eigenvalue weighted by molar-refractivity contribution is -0.170. The van der Waals surface area contributed by atoms with Crippen molar-refractivity contribution in [2.75, 3.05) is 11.4 Å². The summed E-state index contributed by atoms with van der Waals surface area (Å²) in [7, 11) is 0. The molecule has 1 atom stereocenters. The fourth-order valence-electron chi connectivity index (χ4n) is 3.50. The van der Waals surface area contributed by atoms with E-state index in [0.29, 0.717) is 16.3 Å². The molecule has 2 aromatic carbocycles. The molecule has 0 aromatic heterocycles. The monoisotopic (exact) mass is 408 g/mol. The number of carbonyl (C=O) groups excluding carboxylic acids is 4. The Morgan fingerprint density at radius 2 is 1.50 bits per heavy atom. The van der Waals surface area contributed by atoms with Crippen LogP contribution < -0.4 is 4.90 Å². The van der Waals surface area contributed by atoms with Gasteiger partial charge in [-0.3, -0.25) is 14.5 Å². The maximum absolute atomic E-state index is 12.9. The predicted molar refractivity (Wildman–Crippen MR) is 106 cm³/mol. The van der Waals surface area contributed by atoms with Gasteiger partial charge >= 0.3 is 12.1 Å². The Morgan fingerprint density at radius 3 is 2.10 bits per heavy atom. The SMILES string of the molecule is CC(C)(C)OC(=O)N1CC(C(=O)ON2C(=O)c3ccccc3C2=O)c2ccccc21. The lowest BCUT2D eigenvalue weighted by atomic mass is 10.0. The number of hydrogen-bond donors (Lipinski definition) is 0. The van der Waals surface area contributed by atoms with Crippen molar-refractivity contribution >= 4 is 29.6 Å². The van der Waals surface area contributed by atoms with Crippen LogP contribution >= 0.6 is 0 Å². The fourth-order valence-corrected chi connectivity index (χ4v) is 3.50. The van der Waals surface area contributed by atoms with E-state index in [9.17, 15) is 19.2 Å². The zero-order valence-corrected chi connectivity index (χ0v) is 16.7. The number of ether oxygens (including phenoxy) is 1. The molecule has 3 amide bonds. The van der Waals surface area contributed by atoms with E-state index in [1.54, 1.807) is 57.2 Å². The zero-order valence-electron chi connectivity index (χ0n) is 16.7. The second kappa shape index (κ2) is 6.98. The molecule has 1 unspecified atom stereocenters. The van der Waals surface area contributed by atoms with E-state index < -0.39 is 35.4 Å². The van der Waals surface area contributed by atoms with Crippen LogP contribution in [0.25, 0.3) is 0 Å². The molecule has 0 fully saturated rings. The average Bonchev–Trinajstić information content (AvgIpc) is 3.19. The van der Waals surface area contributed by atoms with Crippen molar-refractivity contribution < 1.29 is 28.8 Å². The summed E-state index contributed by atoms with van der Waals surface area (Å²) in [6.45, 7) is 5.24. The van der Waals surface area contributed by atoms with E-state index in [-0.39, 0.29) is 17.7 Å². The molecule has 0 spiro atoms. The van der Waals surface area contributed by atoms with Gasteiger partial charge in [0.1, 0.15) is 11.5 Å². The molecule has 2 aromatic rings. The number of fused-ring (bicyclic) bond motifs is 2. The van der Waals surface area contributed by atoms with E-state index in [0.717, 1.165) is 0 Å². The molecule has 0 radical (unpaired) electrons. The van der Waals surface area contributed by atoms with Gasteiger partial charge in [0, 0.05) is 6.54 Å². The van der Waals surface area contributed by atoms with Gasteiger partial charge in [-0.05, 0) is 44.5 Å². The van der Waals surface area contributed by atoms with Crippen molar-refractivity contribution in [3.63, 3.8) is 0 Å². The molecule has 8 heteroatoms. The van der Waals surface area contributed by atoms with Crippen LogP contribution in [0.15, 0.2) is 48.5 Å². The molecule has 0 bridgehead atoms. The van der Waals surface area contributed by atoms with Crippen LogP contribution in [0.1, 0.15) is 53.0 Å². The maximum Gasteiger partial charge on any atom is 0.414 e. The first kappa shape index (κ1) is 19.6. The highest BCUT2D eigenvalue weighted by Crippen LogP contribution is 2.38.